The summed E-state index contributed by atoms with van der Waals surface area (Å²) in [6.45, 7) is 1.74. The average molecular weight is 404 g/mol. The van der Waals surface area contributed by atoms with Gasteiger partial charge in [0.15, 0.2) is 23.3 Å². The zero-order valence-corrected chi connectivity index (χ0v) is 14.9. The fourth-order valence-corrected chi connectivity index (χ4v) is 3.41. The van der Waals surface area contributed by atoms with Gasteiger partial charge in [-0.15, -0.1) is 0 Å². The number of hydrogen-bond donors (Lipinski definition) is 1. The molecule has 0 aliphatic carbocycles. The van der Waals surface area contributed by atoms with Crippen molar-refractivity contribution in [3.63, 3.8) is 0 Å². The van der Waals surface area contributed by atoms with E-state index in [1.54, 1.807) is 49.4 Å². The van der Waals surface area contributed by atoms with Gasteiger partial charge in [0.25, 0.3) is 5.91 Å². The molecule has 0 saturated carbocycles. The summed E-state index contributed by atoms with van der Waals surface area (Å²) in [4.78, 5) is 14.2. The minimum Gasteiger partial charge on any atom is -0.356 e. The molecule has 8 heteroatoms. The summed E-state index contributed by atoms with van der Waals surface area (Å²) >= 11 is 0. The van der Waals surface area contributed by atoms with E-state index in [9.17, 15) is 26.7 Å². The number of amides is 1. The molecule has 3 nitrogen and oxygen atoms in total. The van der Waals surface area contributed by atoms with Gasteiger partial charge >= 0.3 is 0 Å². The standard InChI is InChI=1S/C21H13F5N2O/c1-10-6-2-5-9-13(10)28-20(11-7-3-4-8-12(11)21(28)29)27-19-17(25)15(23)14(22)16(24)18(19)26/h2-9,20,27H,1H3/t20-/m0/s1. The van der Waals surface area contributed by atoms with Gasteiger partial charge in [-0.25, -0.2) is 22.0 Å². The Labute approximate surface area is 162 Å². The molecule has 29 heavy (non-hydrogen) atoms. The summed E-state index contributed by atoms with van der Waals surface area (Å²) in [5.41, 5.74) is 0.546. The second kappa shape index (κ2) is 6.88. The highest BCUT2D eigenvalue weighted by molar-refractivity contribution is 6.11. The maximum Gasteiger partial charge on any atom is 0.260 e. The van der Waals surface area contributed by atoms with Crippen molar-refractivity contribution in [2.45, 2.75) is 13.1 Å². The van der Waals surface area contributed by atoms with Crippen molar-refractivity contribution in [1.82, 2.24) is 0 Å². The van der Waals surface area contributed by atoms with Gasteiger partial charge in [0.05, 0.1) is 0 Å². The first-order chi connectivity index (χ1) is 13.8. The van der Waals surface area contributed by atoms with E-state index < -0.39 is 46.8 Å². The monoisotopic (exact) mass is 404 g/mol. The van der Waals surface area contributed by atoms with Gasteiger partial charge in [-0.05, 0) is 24.6 Å². The van der Waals surface area contributed by atoms with Crippen LogP contribution in [0.15, 0.2) is 48.5 Å². The molecule has 0 saturated heterocycles. The molecule has 1 N–H and O–H groups in total. The van der Waals surface area contributed by atoms with Crippen molar-refractivity contribution in [3.8, 4) is 0 Å². The average Bonchev–Trinajstić information content (AvgIpc) is 3.00. The maximum absolute atomic E-state index is 14.3. The largest absolute Gasteiger partial charge is 0.356 e. The van der Waals surface area contributed by atoms with Crippen molar-refractivity contribution < 1.29 is 26.7 Å². The number of carbonyl (C=O) groups excluding carboxylic acids is 1. The third-order valence-electron chi connectivity index (χ3n) is 4.83. The van der Waals surface area contributed by atoms with Crippen LogP contribution in [0, 0.1) is 36.0 Å². The highest BCUT2D eigenvalue weighted by Crippen LogP contribution is 2.40. The second-order valence-electron chi connectivity index (χ2n) is 6.54. The Morgan fingerprint density at radius 2 is 1.34 bits per heavy atom. The number of nitrogens with zero attached hydrogens (tertiary/aromatic N) is 1. The minimum absolute atomic E-state index is 0.261. The molecule has 1 aliphatic heterocycles. The molecule has 3 aromatic rings. The fraction of sp³-hybridized carbons (Fsp3) is 0.0952. The smallest absolute Gasteiger partial charge is 0.260 e. The summed E-state index contributed by atoms with van der Waals surface area (Å²) in [6.07, 6.45) is -1.17. The number of nitrogens with one attached hydrogen (secondary N) is 1. The number of fused-ring (bicyclic) bond motifs is 1. The van der Waals surface area contributed by atoms with Crippen LogP contribution in [-0.4, -0.2) is 5.91 Å². The van der Waals surface area contributed by atoms with E-state index in [0.717, 1.165) is 0 Å². The van der Waals surface area contributed by atoms with E-state index in [-0.39, 0.29) is 5.56 Å². The second-order valence-corrected chi connectivity index (χ2v) is 6.54. The highest BCUT2D eigenvalue weighted by Gasteiger charge is 2.39. The molecular formula is C21H13F5N2O. The van der Waals surface area contributed by atoms with Crippen LogP contribution in [0.3, 0.4) is 0 Å². The molecule has 1 aliphatic rings. The number of halogens is 5. The zero-order valence-electron chi connectivity index (χ0n) is 14.9. The van der Waals surface area contributed by atoms with Gasteiger partial charge in [0.2, 0.25) is 5.82 Å². The molecule has 1 amide bonds. The normalized spacial score (nSPS) is 15.6. The van der Waals surface area contributed by atoms with Crippen LogP contribution in [0.5, 0.6) is 0 Å². The maximum atomic E-state index is 14.3. The molecule has 3 aromatic carbocycles. The molecular weight excluding hydrogens is 391 g/mol. The van der Waals surface area contributed by atoms with Crippen LogP contribution >= 0.6 is 0 Å². The predicted octanol–water partition coefficient (Wildman–Crippen LogP) is 5.46. The molecule has 148 valence electrons. The molecule has 0 radical (unpaired) electrons. The Hall–Kier alpha value is -3.42. The fourth-order valence-electron chi connectivity index (χ4n) is 3.41. The van der Waals surface area contributed by atoms with Gasteiger partial charge in [0.1, 0.15) is 11.9 Å². The number of hydrogen-bond acceptors (Lipinski definition) is 2. The summed E-state index contributed by atoms with van der Waals surface area (Å²) in [7, 11) is 0. The number of carbonyl (C=O) groups is 1. The van der Waals surface area contributed by atoms with Gasteiger partial charge in [-0.1, -0.05) is 36.4 Å². The molecule has 0 spiro atoms. The number of anilines is 2. The summed E-state index contributed by atoms with van der Waals surface area (Å²) < 4.78 is 69.2. The van der Waals surface area contributed by atoms with E-state index >= 15 is 0 Å². The van der Waals surface area contributed by atoms with E-state index in [1.165, 1.54) is 11.0 Å². The number of rotatable bonds is 3. The highest BCUT2D eigenvalue weighted by atomic mass is 19.2. The minimum atomic E-state index is -2.25. The predicted molar refractivity (Wildman–Crippen MR) is 97.0 cm³/mol. The van der Waals surface area contributed by atoms with Crippen molar-refractivity contribution in [2.24, 2.45) is 0 Å². The molecule has 4 rings (SSSR count). The number of para-hydroxylation sites is 1. The lowest BCUT2D eigenvalue weighted by atomic mass is 10.1. The van der Waals surface area contributed by atoms with Crippen LogP contribution in [0.4, 0.5) is 33.3 Å². The lowest BCUT2D eigenvalue weighted by Gasteiger charge is -2.28. The number of benzene rings is 3. The van der Waals surface area contributed by atoms with Gasteiger partial charge in [-0.3, -0.25) is 9.69 Å². The Morgan fingerprint density at radius 3 is 2.00 bits per heavy atom. The van der Waals surface area contributed by atoms with E-state index in [4.69, 9.17) is 0 Å². The van der Waals surface area contributed by atoms with E-state index in [0.29, 0.717) is 16.8 Å². The van der Waals surface area contributed by atoms with Crippen molar-refractivity contribution in [3.05, 3.63) is 94.3 Å². The lowest BCUT2D eigenvalue weighted by Crippen LogP contribution is -2.33. The van der Waals surface area contributed by atoms with Crippen LogP contribution in [0.2, 0.25) is 0 Å². The third-order valence-corrected chi connectivity index (χ3v) is 4.83. The van der Waals surface area contributed by atoms with Crippen LogP contribution < -0.4 is 10.2 Å². The summed E-state index contributed by atoms with van der Waals surface area (Å²) in [5, 5.41) is 2.36. The lowest BCUT2D eigenvalue weighted by molar-refractivity contribution is 0.0992. The van der Waals surface area contributed by atoms with Crippen LogP contribution in [-0.2, 0) is 0 Å². The molecule has 1 heterocycles. The molecule has 0 bridgehead atoms. The first-order valence-corrected chi connectivity index (χ1v) is 8.59. The SMILES string of the molecule is Cc1ccccc1N1C(=O)c2ccccc2[C@H]1Nc1c(F)c(F)c(F)c(F)c1F. The summed E-state index contributed by atoms with van der Waals surface area (Å²) in [5.74, 6) is -10.8. The Morgan fingerprint density at radius 1 is 0.793 bits per heavy atom. The van der Waals surface area contributed by atoms with Crippen molar-refractivity contribution in [1.29, 1.82) is 0 Å². The van der Waals surface area contributed by atoms with Crippen LogP contribution in [0.1, 0.15) is 27.7 Å². The van der Waals surface area contributed by atoms with E-state index in [2.05, 4.69) is 5.32 Å². The van der Waals surface area contributed by atoms with Crippen LogP contribution in [0.25, 0.3) is 0 Å². The molecule has 0 aromatic heterocycles. The van der Waals surface area contributed by atoms with Gasteiger partial charge < -0.3 is 5.32 Å². The Balaban J connectivity index is 1.89. The first kappa shape index (κ1) is 18.9. The molecule has 1 atom stereocenters. The van der Waals surface area contributed by atoms with Crippen molar-refractivity contribution in [2.75, 3.05) is 10.2 Å². The van der Waals surface area contributed by atoms with Crippen molar-refractivity contribution >= 4 is 17.3 Å². The van der Waals surface area contributed by atoms with E-state index in [1.807, 2.05) is 0 Å². The Bertz CT molecular complexity index is 1120. The number of aryl methyl sites for hydroxylation is 1. The first-order valence-electron chi connectivity index (χ1n) is 8.59. The summed E-state index contributed by atoms with van der Waals surface area (Å²) in [6, 6.07) is 13.1. The zero-order chi connectivity index (χ0) is 20.9. The molecule has 0 unspecified atom stereocenters. The van der Waals surface area contributed by atoms with Gasteiger partial charge in [-0.2, -0.15) is 0 Å². The van der Waals surface area contributed by atoms with Gasteiger partial charge in [0, 0.05) is 16.8 Å². The third kappa shape index (κ3) is 2.83. The topological polar surface area (TPSA) is 32.3 Å². The Kier molecular flexibility index (Phi) is 4.49. The molecule has 0 fully saturated rings. The quantitative estimate of drug-likeness (QED) is 0.357.